The molecular weight excluding hydrogens is 381 g/mol. The van der Waals surface area contributed by atoms with Gasteiger partial charge < -0.3 is 15.0 Å². The van der Waals surface area contributed by atoms with Crippen molar-refractivity contribution in [3.05, 3.63) is 35.9 Å². The van der Waals surface area contributed by atoms with Gasteiger partial charge in [0, 0.05) is 6.54 Å². The predicted octanol–water partition coefficient (Wildman–Crippen LogP) is 3.55. The summed E-state index contributed by atoms with van der Waals surface area (Å²) in [5, 5.41) is 2.26. The molecule has 0 radical (unpaired) electrons. The first-order valence-corrected chi connectivity index (χ1v) is 9.85. The summed E-state index contributed by atoms with van der Waals surface area (Å²) < 4.78 is 44.3. The average Bonchev–Trinajstić information content (AvgIpc) is 2.79. The summed E-state index contributed by atoms with van der Waals surface area (Å²) in [6.45, 7) is -0.290. The van der Waals surface area contributed by atoms with Crippen molar-refractivity contribution in [1.29, 1.82) is 0 Å². The van der Waals surface area contributed by atoms with Crippen LogP contribution in [0.2, 0.25) is 0 Å². The van der Waals surface area contributed by atoms with Gasteiger partial charge in [-0.3, -0.25) is 4.79 Å². The lowest BCUT2D eigenvalue weighted by Crippen LogP contribution is -2.54. The van der Waals surface area contributed by atoms with Gasteiger partial charge in [-0.15, -0.1) is 11.8 Å². The highest BCUT2D eigenvalue weighted by atomic mass is 32.2. The lowest BCUT2D eigenvalue weighted by molar-refractivity contribution is -0.189. The number of carbonyl (C=O) groups is 2. The molecule has 148 valence electrons. The zero-order chi connectivity index (χ0) is 19.4. The number of thioether (sulfide) groups is 1. The Morgan fingerprint density at radius 1 is 1.22 bits per heavy atom. The third-order valence-electron chi connectivity index (χ3n) is 4.79. The summed E-state index contributed by atoms with van der Waals surface area (Å²) in [5.74, 6) is -1.38. The number of nitrogens with one attached hydrogen (secondary N) is 1. The van der Waals surface area contributed by atoms with Crippen LogP contribution in [-0.4, -0.2) is 46.8 Å². The molecule has 5 nitrogen and oxygen atoms in total. The quantitative estimate of drug-likeness (QED) is 0.840. The first kappa shape index (κ1) is 19.9. The SMILES string of the molecule is O=C(NC1CCS[C@H]2CC[C@H](C(F)(F)F)CN2C1=O)OCc1ccccc1. The van der Waals surface area contributed by atoms with Gasteiger partial charge in [-0.25, -0.2) is 4.79 Å². The molecule has 2 amide bonds. The van der Waals surface area contributed by atoms with Gasteiger partial charge in [-0.05, 0) is 30.6 Å². The molecule has 2 aliphatic heterocycles. The van der Waals surface area contributed by atoms with E-state index in [0.29, 0.717) is 18.6 Å². The molecule has 27 heavy (non-hydrogen) atoms. The lowest BCUT2D eigenvalue weighted by atomic mass is 9.96. The molecule has 2 fully saturated rings. The van der Waals surface area contributed by atoms with Crippen molar-refractivity contribution < 1.29 is 27.5 Å². The molecule has 1 aromatic rings. The Bertz CT molecular complexity index is 672. The monoisotopic (exact) mass is 402 g/mol. The first-order valence-electron chi connectivity index (χ1n) is 8.80. The van der Waals surface area contributed by atoms with Crippen molar-refractivity contribution in [2.45, 2.75) is 43.5 Å². The number of hydrogen-bond acceptors (Lipinski definition) is 4. The van der Waals surface area contributed by atoms with E-state index in [1.165, 1.54) is 16.7 Å². The second-order valence-electron chi connectivity index (χ2n) is 6.68. The maximum atomic E-state index is 13.1. The number of halogens is 3. The standard InChI is InChI=1S/C18H21F3N2O3S/c19-18(20,21)13-6-7-15-23(10-13)16(24)14(8-9-27-15)22-17(25)26-11-12-4-2-1-3-5-12/h1-5,13-15H,6-11H2,(H,22,25)/t13-,14?,15-/m0/s1. The van der Waals surface area contributed by atoms with Gasteiger partial charge in [0.1, 0.15) is 12.6 Å². The first-order chi connectivity index (χ1) is 12.8. The largest absolute Gasteiger partial charge is 0.445 e. The van der Waals surface area contributed by atoms with E-state index in [1.807, 2.05) is 18.2 Å². The fraction of sp³-hybridized carbons (Fsp3) is 0.556. The molecule has 1 unspecified atom stereocenters. The average molecular weight is 402 g/mol. The van der Waals surface area contributed by atoms with Crippen LogP contribution in [-0.2, 0) is 16.1 Å². The van der Waals surface area contributed by atoms with Crippen LogP contribution in [0.5, 0.6) is 0 Å². The summed E-state index contributed by atoms with van der Waals surface area (Å²) in [5.41, 5.74) is 0.805. The van der Waals surface area contributed by atoms with E-state index in [2.05, 4.69) is 5.32 Å². The molecule has 1 N–H and O–H groups in total. The number of carbonyl (C=O) groups excluding carboxylic acids is 2. The highest BCUT2D eigenvalue weighted by molar-refractivity contribution is 7.99. The van der Waals surface area contributed by atoms with E-state index in [4.69, 9.17) is 4.74 Å². The number of amides is 2. The van der Waals surface area contributed by atoms with E-state index < -0.39 is 30.1 Å². The molecule has 1 aromatic carbocycles. The van der Waals surface area contributed by atoms with E-state index >= 15 is 0 Å². The van der Waals surface area contributed by atoms with Gasteiger partial charge in [0.2, 0.25) is 5.91 Å². The normalized spacial score (nSPS) is 26.1. The van der Waals surface area contributed by atoms with Crippen LogP contribution in [0.4, 0.5) is 18.0 Å². The highest BCUT2D eigenvalue weighted by Gasteiger charge is 2.47. The molecule has 9 heteroatoms. The lowest BCUT2D eigenvalue weighted by Gasteiger charge is -2.39. The zero-order valence-corrected chi connectivity index (χ0v) is 15.4. The van der Waals surface area contributed by atoms with Crippen LogP contribution < -0.4 is 5.32 Å². The number of benzene rings is 1. The van der Waals surface area contributed by atoms with Crippen molar-refractivity contribution in [1.82, 2.24) is 10.2 Å². The Balaban J connectivity index is 1.59. The molecule has 0 aromatic heterocycles. The smallest absolute Gasteiger partial charge is 0.408 e. The number of rotatable bonds is 3. The van der Waals surface area contributed by atoms with Gasteiger partial charge in [0.05, 0.1) is 11.3 Å². The van der Waals surface area contributed by atoms with Gasteiger partial charge >= 0.3 is 12.3 Å². The number of alkyl halides is 3. The summed E-state index contributed by atoms with van der Waals surface area (Å²) >= 11 is 1.47. The number of fused-ring (bicyclic) bond motifs is 1. The molecule has 0 saturated carbocycles. The number of hydrogen-bond donors (Lipinski definition) is 1. The molecule has 2 heterocycles. The molecule has 3 atom stereocenters. The second kappa shape index (κ2) is 8.41. The molecule has 3 rings (SSSR count). The van der Waals surface area contributed by atoms with E-state index in [0.717, 1.165) is 5.56 Å². The molecule has 2 aliphatic rings. The minimum Gasteiger partial charge on any atom is -0.445 e. The molecule has 2 saturated heterocycles. The molecular formula is C18H21F3N2O3S. The van der Waals surface area contributed by atoms with Gasteiger partial charge in [0.15, 0.2) is 0 Å². The van der Waals surface area contributed by atoms with Crippen LogP contribution in [0.3, 0.4) is 0 Å². The number of nitrogens with zero attached hydrogens (tertiary/aromatic N) is 1. The van der Waals surface area contributed by atoms with Gasteiger partial charge in [0.25, 0.3) is 0 Å². The Hall–Kier alpha value is -1.90. The summed E-state index contributed by atoms with van der Waals surface area (Å²) in [6, 6.07) is 8.21. The predicted molar refractivity (Wildman–Crippen MR) is 94.9 cm³/mol. The molecule has 0 bridgehead atoms. The van der Waals surface area contributed by atoms with E-state index in [-0.39, 0.29) is 24.9 Å². The topological polar surface area (TPSA) is 58.6 Å². The van der Waals surface area contributed by atoms with Crippen LogP contribution in [0, 0.1) is 5.92 Å². The fourth-order valence-electron chi connectivity index (χ4n) is 3.30. The Labute approximate surface area is 159 Å². The summed E-state index contributed by atoms with van der Waals surface area (Å²) in [7, 11) is 0. The van der Waals surface area contributed by atoms with Crippen LogP contribution in [0.25, 0.3) is 0 Å². The van der Waals surface area contributed by atoms with Crippen molar-refractivity contribution in [3.63, 3.8) is 0 Å². The van der Waals surface area contributed by atoms with Crippen LogP contribution >= 0.6 is 11.8 Å². The van der Waals surface area contributed by atoms with Crippen molar-refractivity contribution >= 4 is 23.8 Å². The minimum absolute atomic E-state index is 0.0299. The van der Waals surface area contributed by atoms with E-state index in [9.17, 15) is 22.8 Å². The Morgan fingerprint density at radius 3 is 2.67 bits per heavy atom. The molecule has 0 spiro atoms. The maximum absolute atomic E-state index is 13.1. The van der Waals surface area contributed by atoms with Gasteiger partial charge in [-0.1, -0.05) is 30.3 Å². The molecule has 0 aliphatic carbocycles. The van der Waals surface area contributed by atoms with Gasteiger partial charge in [-0.2, -0.15) is 13.2 Å². The fourth-order valence-corrected chi connectivity index (χ4v) is 4.62. The Kier molecular flexibility index (Phi) is 6.18. The maximum Gasteiger partial charge on any atom is 0.408 e. The highest BCUT2D eigenvalue weighted by Crippen LogP contribution is 2.39. The third kappa shape index (κ3) is 5.09. The number of ether oxygens (including phenoxy) is 1. The Morgan fingerprint density at radius 2 is 1.96 bits per heavy atom. The number of alkyl carbamates (subject to hydrolysis) is 1. The van der Waals surface area contributed by atoms with Crippen molar-refractivity contribution in [3.8, 4) is 0 Å². The summed E-state index contributed by atoms with van der Waals surface area (Å²) in [6.07, 6.45) is -4.36. The second-order valence-corrected chi connectivity index (χ2v) is 7.96. The van der Waals surface area contributed by atoms with Crippen molar-refractivity contribution in [2.75, 3.05) is 12.3 Å². The zero-order valence-electron chi connectivity index (χ0n) is 14.6. The van der Waals surface area contributed by atoms with Crippen LogP contribution in [0.1, 0.15) is 24.8 Å². The van der Waals surface area contributed by atoms with Crippen LogP contribution in [0.15, 0.2) is 30.3 Å². The van der Waals surface area contributed by atoms with Crippen molar-refractivity contribution in [2.24, 2.45) is 5.92 Å². The van der Waals surface area contributed by atoms with E-state index in [1.54, 1.807) is 12.1 Å². The minimum atomic E-state index is -4.32. The summed E-state index contributed by atoms with van der Waals surface area (Å²) in [4.78, 5) is 26.1. The number of piperidine rings is 1. The third-order valence-corrected chi connectivity index (χ3v) is 6.14.